The van der Waals surface area contributed by atoms with Gasteiger partial charge in [0, 0.05) is 6.07 Å². The van der Waals surface area contributed by atoms with Gasteiger partial charge in [0.15, 0.2) is 0 Å². The minimum absolute atomic E-state index is 0.413. The van der Waals surface area contributed by atoms with Gasteiger partial charge in [-0.3, -0.25) is 0 Å². The number of halogens is 2. The van der Waals surface area contributed by atoms with Gasteiger partial charge in [-0.2, -0.15) is 0 Å². The first-order valence-corrected chi connectivity index (χ1v) is 5.90. The van der Waals surface area contributed by atoms with Crippen LogP contribution in [0.15, 0.2) is 18.2 Å². The van der Waals surface area contributed by atoms with Crippen LogP contribution in [-0.4, -0.2) is 13.1 Å². The Labute approximate surface area is 94.9 Å². The standard InChI is InChI=1S/C13H17F2N/c14-12-6-5-11(13(15)8-12)4-3-10-2-1-7-16-9-10/h5-6,8,10,16H,1-4,7,9H2/t10-/m1/s1. The Kier molecular flexibility index (Phi) is 3.88. The second-order valence-corrected chi connectivity index (χ2v) is 4.49. The number of hydrogen-bond acceptors (Lipinski definition) is 1. The minimum atomic E-state index is -0.499. The third-order valence-corrected chi connectivity index (χ3v) is 3.24. The minimum Gasteiger partial charge on any atom is -0.316 e. The van der Waals surface area contributed by atoms with Gasteiger partial charge >= 0.3 is 0 Å². The van der Waals surface area contributed by atoms with Crippen LogP contribution >= 0.6 is 0 Å². The molecule has 0 aliphatic carbocycles. The van der Waals surface area contributed by atoms with E-state index in [1.54, 1.807) is 6.07 Å². The van der Waals surface area contributed by atoms with E-state index in [0.29, 0.717) is 17.9 Å². The molecule has 1 nitrogen and oxygen atoms in total. The van der Waals surface area contributed by atoms with Crippen molar-refractivity contribution in [3.05, 3.63) is 35.4 Å². The molecule has 1 atom stereocenters. The fraction of sp³-hybridized carbons (Fsp3) is 0.538. The van der Waals surface area contributed by atoms with Gasteiger partial charge in [0.05, 0.1) is 0 Å². The molecule has 1 aliphatic heterocycles. The predicted octanol–water partition coefficient (Wildman–Crippen LogP) is 2.90. The summed E-state index contributed by atoms with van der Waals surface area (Å²) >= 11 is 0. The average Bonchev–Trinajstić information content (AvgIpc) is 2.29. The first kappa shape index (κ1) is 11.5. The first-order chi connectivity index (χ1) is 7.75. The Balaban J connectivity index is 1.88. The van der Waals surface area contributed by atoms with E-state index >= 15 is 0 Å². The van der Waals surface area contributed by atoms with Crippen LogP contribution in [-0.2, 0) is 6.42 Å². The second-order valence-electron chi connectivity index (χ2n) is 4.49. The lowest BCUT2D eigenvalue weighted by Crippen LogP contribution is -2.29. The molecule has 1 N–H and O–H groups in total. The van der Waals surface area contributed by atoms with E-state index in [-0.39, 0.29) is 0 Å². The fourth-order valence-corrected chi connectivity index (χ4v) is 2.25. The van der Waals surface area contributed by atoms with Crippen molar-refractivity contribution in [3.63, 3.8) is 0 Å². The third kappa shape index (κ3) is 3.01. The summed E-state index contributed by atoms with van der Waals surface area (Å²) in [6, 6.07) is 3.85. The number of nitrogens with one attached hydrogen (secondary N) is 1. The smallest absolute Gasteiger partial charge is 0.129 e. The Hall–Kier alpha value is -0.960. The van der Waals surface area contributed by atoms with Gasteiger partial charge in [0.1, 0.15) is 11.6 Å². The molecule has 3 heteroatoms. The molecule has 0 amide bonds. The number of aryl methyl sites for hydroxylation is 1. The molecule has 1 aromatic carbocycles. The van der Waals surface area contributed by atoms with E-state index in [0.717, 1.165) is 25.6 Å². The summed E-state index contributed by atoms with van der Waals surface area (Å²) < 4.78 is 26.0. The Morgan fingerprint density at radius 1 is 1.31 bits per heavy atom. The van der Waals surface area contributed by atoms with Crippen LogP contribution in [0, 0.1) is 17.6 Å². The van der Waals surface area contributed by atoms with Crippen molar-refractivity contribution >= 4 is 0 Å². The van der Waals surface area contributed by atoms with Crippen molar-refractivity contribution in [2.75, 3.05) is 13.1 Å². The monoisotopic (exact) mass is 225 g/mol. The molecular formula is C13H17F2N. The number of rotatable bonds is 3. The molecule has 0 aromatic heterocycles. The largest absolute Gasteiger partial charge is 0.316 e. The average molecular weight is 225 g/mol. The lowest BCUT2D eigenvalue weighted by Gasteiger charge is -2.22. The lowest BCUT2D eigenvalue weighted by molar-refractivity contribution is 0.356. The summed E-state index contributed by atoms with van der Waals surface area (Å²) in [6.45, 7) is 2.13. The summed E-state index contributed by atoms with van der Waals surface area (Å²) in [5.41, 5.74) is 0.631. The molecule has 1 aliphatic rings. The maximum absolute atomic E-state index is 13.3. The van der Waals surface area contributed by atoms with E-state index in [1.807, 2.05) is 0 Å². The van der Waals surface area contributed by atoms with E-state index in [9.17, 15) is 8.78 Å². The molecule has 16 heavy (non-hydrogen) atoms. The van der Waals surface area contributed by atoms with Crippen molar-refractivity contribution in [1.29, 1.82) is 0 Å². The second kappa shape index (κ2) is 5.39. The van der Waals surface area contributed by atoms with E-state index in [4.69, 9.17) is 0 Å². The summed E-state index contributed by atoms with van der Waals surface area (Å²) in [5.74, 6) is -0.275. The van der Waals surface area contributed by atoms with Gasteiger partial charge in [-0.05, 0) is 56.3 Å². The normalized spacial score (nSPS) is 21.0. The number of piperidine rings is 1. The molecule has 1 aromatic rings. The molecule has 88 valence electrons. The fourth-order valence-electron chi connectivity index (χ4n) is 2.25. The summed E-state index contributed by atoms with van der Waals surface area (Å²) in [6.07, 6.45) is 4.11. The van der Waals surface area contributed by atoms with Crippen LogP contribution in [0.5, 0.6) is 0 Å². The van der Waals surface area contributed by atoms with Gasteiger partial charge < -0.3 is 5.32 Å². The van der Waals surface area contributed by atoms with Gasteiger partial charge in [0.25, 0.3) is 0 Å². The molecule has 0 bridgehead atoms. The summed E-state index contributed by atoms with van der Waals surface area (Å²) in [7, 11) is 0. The van der Waals surface area contributed by atoms with E-state index in [1.165, 1.54) is 18.9 Å². The highest BCUT2D eigenvalue weighted by molar-refractivity contribution is 5.18. The Bertz CT molecular complexity index is 346. The molecule has 1 fully saturated rings. The van der Waals surface area contributed by atoms with Gasteiger partial charge in [-0.15, -0.1) is 0 Å². The molecule has 1 heterocycles. The van der Waals surface area contributed by atoms with Gasteiger partial charge in [0.2, 0.25) is 0 Å². The van der Waals surface area contributed by atoms with Crippen molar-refractivity contribution < 1.29 is 8.78 Å². The zero-order chi connectivity index (χ0) is 11.4. The first-order valence-electron chi connectivity index (χ1n) is 5.90. The lowest BCUT2D eigenvalue weighted by atomic mass is 9.92. The van der Waals surface area contributed by atoms with Crippen LogP contribution in [0.3, 0.4) is 0 Å². The number of hydrogen-bond donors (Lipinski definition) is 1. The predicted molar refractivity (Wildman–Crippen MR) is 60.3 cm³/mol. The molecular weight excluding hydrogens is 208 g/mol. The molecule has 0 radical (unpaired) electrons. The van der Waals surface area contributed by atoms with Crippen LogP contribution in [0.25, 0.3) is 0 Å². The van der Waals surface area contributed by atoms with Crippen LogP contribution in [0.1, 0.15) is 24.8 Å². The van der Waals surface area contributed by atoms with E-state index in [2.05, 4.69) is 5.32 Å². The summed E-state index contributed by atoms with van der Waals surface area (Å²) in [4.78, 5) is 0. The van der Waals surface area contributed by atoms with Crippen LogP contribution in [0.4, 0.5) is 8.78 Å². The molecule has 0 unspecified atom stereocenters. The SMILES string of the molecule is Fc1ccc(CC[C@H]2CCCNC2)c(F)c1. The Morgan fingerprint density at radius 3 is 2.88 bits per heavy atom. The van der Waals surface area contributed by atoms with Crippen LogP contribution in [0.2, 0.25) is 0 Å². The highest BCUT2D eigenvalue weighted by Gasteiger charge is 2.13. The van der Waals surface area contributed by atoms with Crippen molar-refractivity contribution in [2.45, 2.75) is 25.7 Å². The van der Waals surface area contributed by atoms with Crippen LogP contribution < -0.4 is 5.32 Å². The van der Waals surface area contributed by atoms with Crippen molar-refractivity contribution in [1.82, 2.24) is 5.32 Å². The van der Waals surface area contributed by atoms with E-state index < -0.39 is 11.6 Å². The summed E-state index contributed by atoms with van der Waals surface area (Å²) in [5, 5.41) is 3.34. The van der Waals surface area contributed by atoms with Gasteiger partial charge in [-0.1, -0.05) is 6.07 Å². The van der Waals surface area contributed by atoms with Crippen molar-refractivity contribution in [2.24, 2.45) is 5.92 Å². The zero-order valence-corrected chi connectivity index (χ0v) is 9.31. The zero-order valence-electron chi connectivity index (χ0n) is 9.31. The highest BCUT2D eigenvalue weighted by Crippen LogP contribution is 2.19. The molecule has 0 saturated carbocycles. The highest BCUT2D eigenvalue weighted by atomic mass is 19.1. The quantitative estimate of drug-likeness (QED) is 0.834. The Morgan fingerprint density at radius 2 is 2.19 bits per heavy atom. The maximum Gasteiger partial charge on any atom is 0.129 e. The van der Waals surface area contributed by atoms with Crippen molar-refractivity contribution in [3.8, 4) is 0 Å². The number of benzene rings is 1. The molecule has 1 saturated heterocycles. The maximum atomic E-state index is 13.3. The van der Waals surface area contributed by atoms with Gasteiger partial charge in [-0.25, -0.2) is 8.78 Å². The third-order valence-electron chi connectivity index (χ3n) is 3.24. The molecule has 0 spiro atoms. The topological polar surface area (TPSA) is 12.0 Å². The molecule has 2 rings (SSSR count).